The Morgan fingerprint density at radius 2 is 1.11 bits per heavy atom. The van der Waals surface area contributed by atoms with Crippen molar-refractivity contribution in [1.29, 1.82) is 0 Å². The Kier molecular flexibility index (Phi) is 5.38. The SMILES string of the molecule is Cc1cccc(N(c2cccc(C)c2)c2ccc3c(c2)c(=O)c2ccccc2n3-c2ccccc2)c1. The summed E-state index contributed by atoms with van der Waals surface area (Å²) in [5, 5.41) is 1.41. The maximum absolute atomic E-state index is 13.8. The Morgan fingerprint density at radius 3 is 1.78 bits per heavy atom. The highest BCUT2D eigenvalue weighted by molar-refractivity contribution is 5.97. The minimum Gasteiger partial charge on any atom is -0.310 e. The fraction of sp³-hybridized carbons (Fsp3) is 0.0606. The second-order valence-electron chi connectivity index (χ2n) is 9.23. The van der Waals surface area contributed by atoms with Crippen LogP contribution in [0.1, 0.15) is 11.1 Å². The van der Waals surface area contributed by atoms with E-state index >= 15 is 0 Å². The Balaban J connectivity index is 1.67. The van der Waals surface area contributed by atoms with Gasteiger partial charge < -0.3 is 9.47 Å². The van der Waals surface area contributed by atoms with Crippen molar-refractivity contribution < 1.29 is 0 Å². The van der Waals surface area contributed by atoms with E-state index in [9.17, 15) is 4.79 Å². The molecule has 0 atom stereocenters. The van der Waals surface area contributed by atoms with Gasteiger partial charge in [-0.1, -0.05) is 54.6 Å². The summed E-state index contributed by atoms with van der Waals surface area (Å²) in [5.41, 5.74) is 8.31. The lowest BCUT2D eigenvalue weighted by Crippen LogP contribution is -2.13. The molecule has 6 rings (SSSR count). The Hall–Kier alpha value is -4.63. The van der Waals surface area contributed by atoms with Gasteiger partial charge in [-0.05, 0) is 91.7 Å². The number of benzene rings is 5. The quantitative estimate of drug-likeness (QED) is 0.245. The van der Waals surface area contributed by atoms with Crippen molar-refractivity contribution in [3.63, 3.8) is 0 Å². The number of hydrogen-bond acceptors (Lipinski definition) is 2. The predicted octanol–water partition coefficient (Wildman–Crippen LogP) is 8.23. The van der Waals surface area contributed by atoms with Crippen LogP contribution in [-0.2, 0) is 0 Å². The lowest BCUT2D eigenvalue weighted by atomic mass is 10.1. The summed E-state index contributed by atoms with van der Waals surface area (Å²) in [5.74, 6) is 0. The molecule has 0 N–H and O–H groups in total. The standard InChI is InChI=1S/C33H26N2O/c1-23-10-8-14-26(20-23)34(27-15-9-11-24(2)21-27)28-18-19-32-30(22-28)33(36)29-16-6-7-17-31(29)35(32)25-12-4-3-5-13-25/h3-22H,1-2H3. The zero-order valence-corrected chi connectivity index (χ0v) is 20.3. The van der Waals surface area contributed by atoms with Crippen LogP contribution in [0.5, 0.6) is 0 Å². The van der Waals surface area contributed by atoms with Gasteiger partial charge in [-0.3, -0.25) is 4.79 Å². The molecule has 0 bridgehead atoms. The van der Waals surface area contributed by atoms with Gasteiger partial charge in [-0.25, -0.2) is 0 Å². The zero-order chi connectivity index (χ0) is 24.6. The van der Waals surface area contributed by atoms with Crippen molar-refractivity contribution in [1.82, 2.24) is 4.57 Å². The Bertz CT molecular complexity index is 1740. The number of aryl methyl sites for hydroxylation is 2. The lowest BCUT2D eigenvalue weighted by molar-refractivity contribution is 1.16. The molecule has 5 aromatic carbocycles. The first kappa shape index (κ1) is 21.9. The molecule has 0 aliphatic heterocycles. The number of para-hydroxylation sites is 2. The molecule has 3 nitrogen and oxygen atoms in total. The number of hydrogen-bond donors (Lipinski definition) is 0. The van der Waals surface area contributed by atoms with Gasteiger partial charge in [0.25, 0.3) is 0 Å². The van der Waals surface area contributed by atoms with Gasteiger partial charge in [-0.15, -0.1) is 0 Å². The number of rotatable bonds is 4. The van der Waals surface area contributed by atoms with E-state index in [4.69, 9.17) is 0 Å². The molecule has 1 heterocycles. The van der Waals surface area contributed by atoms with E-state index in [1.807, 2.05) is 48.5 Å². The molecule has 3 heteroatoms. The number of anilines is 3. The molecule has 0 aliphatic rings. The molecule has 0 spiro atoms. The summed E-state index contributed by atoms with van der Waals surface area (Å²) < 4.78 is 2.18. The van der Waals surface area contributed by atoms with Crippen LogP contribution in [0.3, 0.4) is 0 Å². The topological polar surface area (TPSA) is 25.2 Å². The first-order valence-corrected chi connectivity index (χ1v) is 12.2. The normalized spacial score (nSPS) is 11.2. The first-order valence-electron chi connectivity index (χ1n) is 12.2. The van der Waals surface area contributed by atoms with Crippen LogP contribution in [0.15, 0.2) is 126 Å². The van der Waals surface area contributed by atoms with Crippen molar-refractivity contribution in [2.24, 2.45) is 0 Å². The van der Waals surface area contributed by atoms with Crippen LogP contribution in [0.2, 0.25) is 0 Å². The molecule has 174 valence electrons. The zero-order valence-electron chi connectivity index (χ0n) is 20.3. The Morgan fingerprint density at radius 1 is 0.528 bits per heavy atom. The third-order valence-electron chi connectivity index (χ3n) is 6.65. The second kappa shape index (κ2) is 8.86. The van der Waals surface area contributed by atoms with Gasteiger partial charge in [0, 0.05) is 33.5 Å². The van der Waals surface area contributed by atoms with Gasteiger partial charge in [0.2, 0.25) is 0 Å². The summed E-state index contributed by atoms with van der Waals surface area (Å²) in [4.78, 5) is 16.0. The third kappa shape index (κ3) is 3.75. The monoisotopic (exact) mass is 466 g/mol. The van der Waals surface area contributed by atoms with Crippen molar-refractivity contribution in [3.8, 4) is 5.69 Å². The van der Waals surface area contributed by atoms with Crippen molar-refractivity contribution in [2.75, 3.05) is 4.90 Å². The summed E-state index contributed by atoms with van der Waals surface area (Å²) in [6.07, 6.45) is 0. The van der Waals surface area contributed by atoms with Crippen LogP contribution in [0, 0.1) is 13.8 Å². The van der Waals surface area contributed by atoms with Crippen molar-refractivity contribution in [2.45, 2.75) is 13.8 Å². The highest BCUT2D eigenvalue weighted by atomic mass is 16.1. The molecule has 0 unspecified atom stereocenters. The smallest absolute Gasteiger partial charge is 0.197 e. The molecule has 0 radical (unpaired) electrons. The van der Waals surface area contributed by atoms with Crippen LogP contribution in [0.25, 0.3) is 27.5 Å². The van der Waals surface area contributed by atoms with Crippen LogP contribution >= 0.6 is 0 Å². The van der Waals surface area contributed by atoms with Gasteiger partial charge >= 0.3 is 0 Å². The molecule has 36 heavy (non-hydrogen) atoms. The Labute approximate surface area is 210 Å². The first-order chi connectivity index (χ1) is 17.6. The summed E-state index contributed by atoms with van der Waals surface area (Å²) in [6, 6.07) is 41.2. The van der Waals surface area contributed by atoms with E-state index in [2.05, 4.69) is 96.1 Å². The molecular weight excluding hydrogens is 440 g/mol. The highest BCUT2D eigenvalue weighted by Gasteiger charge is 2.17. The minimum atomic E-state index is 0.0445. The molecular formula is C33H26N2O. The van der Waals surface area contributed by atoms with Crippen molar-refractivity contribution >= 4 is 38.9 Å². The number of fused-ring (bicyclic) bond motifs is 2. The maximum atomic E-state index is 13.8. The largest absolute Gasteiger partial charge is 0.310 e. The molecule has 0 fully saturated rings. The van der Waals surface area contributed by atoms with E-state index in [1.165, 1.54) is 11.1 Å². The third-order valence-corrected chi connectivity index (χ3v) is 6.65. The lowest BCUT2D eigenvalue weighted by Gasteiger charge is -2.27. The average Bonchev–Trinajstić information content (AvgIpc) is 2.90. The second-order valence-corrected chi connectivity index (χ2v) is 9.23. The average molecular weight is 467 g/mol. The van der Waals surface area contributed by atoms with Crippen LogP contribution in [-0.4, -0.2) is 4.57 Å². The van der Waals surface area contributed by atoms with Gasteiger partial charge in [0.05, 0.1) is 11.0 Å². The predicted molar refractivity (Wildman–Crippen MR) is 151 cm³/mol. The van der Waals surface area contributed by atoms with E-state index in [1.54, 1.807) is 0 Å². The van der Waals surface area contributed by atoms with Gasteiger partial charge in [0.1, 0.15) is 0 Å². The summed E-state index contributed by atoms with van der Waals surface area (Å²) in [6.45, 7) is 4.20. The number of pyridine rings is 1. The van der Waals surface area contributed by atoms with Gasteiger partial charge in [-0.2, -0.15) is 0 Å². The highest BCUT2D eigenvalue weighted by Crippen LogP contribution is 2.37. The van der Waals surface area contributed by atoms with Gasteiger partial charge in [0.15, 0.2) is 5.43 Å². The number of nitrogens with zero attached hydrogens (tertiary/aromatic N) is 2. The summed E-state index contributed by atoms with van der Waals surface area (Å²) in [7, 11) is 0. The van der Waals surface area contributed by atoms with E-state index < -0.39 is 0 Å². The van der Waals surface area contributed by atoms with Crippen LogP contribution in [0.4, 0.5) is 17.1 Å². The van der Waals surface area contributed by atoms with E-state index in [-0.39, 0.29) is 5.43 Å². The fourth-order valence-electron chi connectivity index (χ4n) is 5.01. The van der Waals surface area contributed by atoms with E-state index in [0.717, 1.165) is 33.8 Å². The number of aromatic nitrogens is 1. The van der Waals surface area contributed by atoms with Crippen LogP contribution < -0.4 is 10.3 Å². The molecule has 0 saturated carbocycles. The van der Waals surface area contributed by atoms with Crippen molar-refractivity contribution in [3.05, 3.63) is 143 Å². The molecule has 0 amide bonds. The van der Waals surface area contributed by atoms with E-state index in [0.29, 0.717) is 10.8 Å². The summed E-state index contributed by atoms with van der Waals surface area (Å²) >= 11 is 0. The maximum Gasteiger partial charge on any atom is 0.197 e. The molecule has 0 saturated heterocycles. The fourth-order valence-corrected chi connectivity index (χ4v) is 5.01. The molecule has 6 aromatic rings. The molecule has 1 aromatic heterocycles. The molecule has 0 aliphatic carbocycles. The minimum absolute atomic E-state index is 0.0445.